The highest BCUT2D eigenvalue weighted by Crippen LogP contribution is 2.43. The maximum atomic E-state index is 3.83. The van der Waals surface area contributed by atoms with Crippen molar-refractivity contribution in [2.75, 3.05) is 6.54 Å². The Labute approximate surface area is 109 Å². The molecule has 94 valence electrons. The first-order chi connectivity index (χ1) is 8.90. The van der Waals surface area contributed by atoms with Gasteiger partial charge in [-0.05, 0) is 61.1 Å². The Morgan fingerprint density at radius 1 is 1.11 bits per heavy atom. The average Bonchev–Trinajstić information content (AvgIpc) is 3.11. The predicted octanol–water partition coefficient (Wildman–Crippen LogP) is 3.48. The van der Waals surface area contributed by atoms with Crippen molar-refractivity contribution in [1.29, 1.82) is 0 Å². The van der Waals surface area contributed by atoms with Crippen LogP contribution >= 0.6 is 0 Å². The number of fused-ring (bicyclic) bond motifs is 3. The molecule has 1 heteroatoms. The number of allylic oxidation sites excluding steroid dienone is 2. The third kappa shape index (κ3) is 1.73. The van der Waals surface area contributed by atoms with Crippen molar-refractivity contribution >= 4 is 0 Å². The van der Waals surface area contributed by atoms with Gasteiger partial charge in [0.2, 0.25) is 0 Å². The topological polar surface area (TPSA) is 12.0 Å². The summed E-state index contributed by atoms with van der Waals surface area (Å²) in [4.78, 5) is 0. The lowest BCUT2D eigenvalue weighted by atomic mass is 9.93. The molecule has 1 nitrogen and oxygen atoms in total. The fourth-order valence-corrected chi connectivity index (χ4v) is 4.19. The Bertz CT molecular complexity index is 476. The molecule has 2 bridgehead atoms. The van der Waals surface area contributed by atoms with E-state index in [-0.39, 0.29) is 0 Å². The summed E-state index contributed by atoms with van der Waals surface area (Å²) < 4.78 is 0. The highest BCUT2D eigenvalue weighted by molar-refractivity contribution is 5.34. The second kappa shape index (κ2) is 4.24. The molecule has 1 saturated carbocycles. The molecule has 1 aromatic rings. The Kier molecular flexibility index (Phi) is 2.54. The van der Waals surface area contributed by atoms with Gasteiger partial charge in [0.05, 0.1) is 0 Å². The highest BCUT2D eigenvalue weighted by Gasteiger charge is 2.35. The fraction of sp³-hybridized carbons (Fsp3) is 0.529. The van der Waals surface area contributed by atoms with Crippen molar-refractivity contribution in [3.8, 4) is 0 Å². The molecule has 0 radical (unpaired) electrons. The van der Waals surface area contributed by atoms with E-state index in [1.807, 2.05) is 0 Å². The summed E-state index contributed by atoms with van der Waals surface area (Å²) in [5.74, 6) is 2.67. The van der Waals surface area contributed by atoms with E-state index in [1.54, 1.807) is 11.1 Å². The van der Waals surface area contributed by atoms with Crippen LogP contribution in [0.4, 0.5) is 0 Å². The van der Waals surface area contributed by atoms with E-state index in [0.717, 1.165) is 17.8 Å². The lowest BCUT2D eigenvalue weighted by Crippen LogP contribution is -2.28. The smallest absolute Gasteiger partial charge is 0.0326 e. The van der Waals surface area contributed by atoms with E-state index in [1.165, 1.54) is 32.2 Å². The molecule has 18 heavy (non-hydrogen) atoms. The first-order valence-electron chi connectivity index (χ1n) is 7.39. The molecule has 3 aliphatic rings. The monoisotopic (exact) mass is 239 g/mol. The number of rotatable bonds is 3. The van der Waals surface area contributed by atoms with Gasteiger partial charge in [0.15, 0.2) is 0 Å². The van der Waals surface area contributed by atoms with Crippen LogP contribution in [-0.4, -0.2) is 6.54 Å². The second-order valence-corrected chi connectivity index (χ2v) is 6.24. The molecule has 1 fully saturated rings. The molecule has 0 aromatic heterocycles. The third-order valence-electron chi connectivity index (χ3n) is 5.18. The Balaban J connectivity index is 1.41. The van der Waals surface area contributed by atoms with Crippen LogP contribution in [0.15, 0.2) is 36.4 Å². The third-order valence-corrected chi connectivity index (χ3v) is 5.18. The quantitative estimate of drug-likeness (QED) is 0.796. The van der Waals surface area contributed by atoms with Crippen LogP contribution in [0.2, 0.25) is 0 Å². The molecule has 4 unspecified atom stereocenters. The predicted molar refractivity (Wildman–Crippen MR) is 74.4 cm³/mol. The summed E-state index contributed by atoms with van der Waals surface area (Å²) in [6, 6.07) is 9.56. The van der Waals surface area contributed by atoms with Gasteiger partial charge in [-0.25, -0.2) is 0 Å². The molecule has 0 saturated heterocycles. The normalized spacial score (nSPS) is 36.2. The van der Waals surface area contributed by atoms with Crippen LogP contribution in [-0.2, 0) is 6.42 Å². The summed E-state index contributed by atoms with van der Waals surface area (Å²) in [6.07, 6.45) is 10.3. The molecule has 4 rings (SSSR count). The zero-order chi connectivity index (χ0) is 11.9. The molecule has 4 atom stereocenters. The van der Waals surface area contributed by atoms with Crippen molar-refractivity contribution in [3.63, 3.8) is 0 Å². The number of benzene rings is 1. The minimum atomic E-state index is 0.615. The van der Waals surface area contributed by atoms with Crippen LogP contribution < -0.4 is 5.32 Å². The van der Waals surface area contributed by atoms with E-state index in [0.29, 0.717) is 6.04 Å². The van der Waals surface area contributed by atoms with Gasteiger partial charge >= 0.3 is 0 Å². The lowest BCUT2D eigenvalue weighted by molar-refractivity contribution is 0.384. The van der Waals surface area contributed by atoms with Gasteiger partial charge in [0, 0.05) is 6.04 Å². The molecular formula is C17H21N. The van der Waals surface area contributed by atoms with Gasteiger partial charge in [-0.1, -0.05) is 36.4 Å². The zero-order valence-corrected chi connectivity index (χ0v) is 10.8. The van der Waals surface area contributed by atoms with Gasteiger partial charge in [-0.3, -0.25) is 0 Å². The molecule has 0 aliphatic heterocycles. The van der Waals surface area contributed by atoms with E-state index in [2.05, 4.69) is 41.7 Å². The Morgan fingerprint density at radius 3 is 2.89 bits per heavy atom. The minimum absolute atomic E-state index is 0.615. The first-order valence-corrected chi connectivity index (χ1v) is 7.39. The Hall–Kier alpha value is -1.08. The van der Waals surface area contributed by atoms with Crippen molar-refractivity contribution in [3.05, 3.63) is 47.5 Å². The van der Waals surface area contributed by atoms with Crippen molar-refractivity contribution in [1.82, 2.24) is 5.32 Å². The van der Waals surface area contributed by atoms with E-state index < -0.39 is 0 Å². The lowest BCUT2D eigenvalue weighted by Gasteiger charge is -2.22. The van der Waals surface area contributed by atoms with E-state index >= 15 is 0 Å². The standard InChI is InChI=1S/C17H21N/c1-2-4-16-13(3-1)7-8-17(16)18-11-15-10-12-5-6-14(15)9-12/h1-6,12,14-15,17-18H,7-11H2. The van der Waals surface area contributed by atoms with E-state index in [4.69, 9.17) is 0 Å². The SMILES string of the molecule is C1=CC2CC1CC2CNC1CCc2ccccc21. The molecule has 0 amide bonds. The Morgan fingerprint density at radius 2 is 2.06 bits per heavy atom. The van der Waals surface area contributed by atoms with Crippen molar-refractivity contribution < 1.29 is 0 Å². The van der Waals surface area contributed by atoms with Gasteiger partial charge in [-0.2, -0.15) is 0 Å². The van der Waals surface area contributed by atoms with Crippen molar-refractivity contribution in [2.45, 2.75) is 31.7 Å². The minimum Gasteiger partial charge on any atom is -0.310 e. The van der Waals surface area contributed by atoms with Crippen LogP contribution in [0.25, 0.3) is 0 Å². The van der Waals surface area contributed by atoms with E-state index in [9.17, 15) is 0 Å². The summed E-state index contributed by atoms with van der Waals surface area (Å²) in [5.41, 5.74) is 3.11. The maximum absolute atomic E-state index is 3.83. The number of aryl methyl sites for hydroxylation is 1. The van der Waals surface area contributed by atoms with Gasteiger partial charge in [0.1, 0.15) is 0 Å². The van der Waals surface area contributed by atoms with Gasteiger partial charge < -0.3 is 5.32 Å². The summed E-state index contributed by atoms with van der Waals surface area (Å²) in [6.45, 7) is 1.21. The summed E-state index contributed by atoms with van der Waals surface area (Å²) in [5, 5.41) is 3.83. The summed E-state index contributed by atoms with van der Waals surface area (Å²) in [7, 11) is 0. The van der Waals surface area contributed by atoms with Crippen molar-refractivity contribution in [2.24, 2.45) is 17.8 Å². The van der Waals surface area contributed by atoms with Crippen LogP contribution in [0.3, 0.4) is 0 Å². The molecular weight excluding hydrogens is 218 g/mol. The largest absolute Gasteiger partial charge is 0.310 e. The molecule has 0 spiro atoms. The number of hydrogen-bond acceptors (Lipinski definition) is 1. The fourth-order valence-electron chi connectivity index (χ4n) is 4.19. The average molecular weight is 239 g/mol. The molecule has 3 aliphatic carbocycles. The molecule has 1 N–H and O–H groups in total. The highest BCUT2D eigenvalue weighted by atomic mass is 14.9. The van der Waals surface area contributed by atoms with Gasteiger partial charge in [0.25, 0.3) is 0 Å². The second-order valence-electron chi connectivity index (χ2n) is 6.24. The number of hydrogen-bond donors (Lipinski definition) is 1. The maximum Gasteiger partial charge on any atom is 0.0326 e. The van der Waals surface area contributed by atoms with Crippen LogP contribution in [0.1, 0.15) is 36.4 Å². The summed E-state index contributed by atoms with van der Waals surface area (Å²) >= 11 is 0. The van der Waals surface area contributed by atoms with Crippen LogP contribution in [0, 0.1) is 17.8 Å². The number of nitrogens with one attached hydrogen (secondary N) is 1. The van der Waals surface area contributed by atoms with Gasteiger partial charge in [-0.15, -0.1) is 0 Å². The molecule has 1 aromatic carbocycles. The van der Waals surface area contributed by atoms with Crippen LogP contribution in [0.5, 0.6) is 0 Å². The molecule has 0 heterocycles. The zero-order valence-electron chi connectivity index (χ0n) is 10.8. The first kappa shape index (κ1) is 10.8.